The first-order valence-electron chi connectivity index (χ1n) is 5.87. The molecule has 0 spiro atoms. The maximum atomic E-state index is 3.12. The summed E-state index contributed by atoms with van der Waals surface area (Å²) in [5.74, 6) is 0. The van der Waals surface area contributed by atoms with Gasteiger partial charge in [0, 0.05) is 12.7 Å². The molecule has 0 fully saturated rings. The third kappa shape index (κ3) is 3.49. The molecule has 86 valence electrons. The third-order valence-corrected chi connectivity index (χ3v) is 2.71. The molecule has 1 heteroatoms. The first-order chi connectivity index (χ1) is 8.38. The number of allylic oxidation sites excluding steroid dienone is 1. The Kier molecular flexibility index (Phi) is 3.98. The van der Waals surface area contributed by atoms with Gasteiger partial charge in [0.25, 0.3) is 0 Å². The molecule has 0 aliphatic rings. The molecule has 1 nitrogen and oxygen atoms in total. The van der Waals surface area contributed by atoms with E-state index in [0.717, 1.165) is 12.1 Å². The minimum absolute atomic E-state index is 0.971. The van der Waals surface area contributed by atoms with Gasteiger partial charge < -0.3 is 5.32 Å². The predicted molar refractivity (Wildman–Crippen MR) is 75.2 cm³/mol. The van der Waals surface area contributed by atoms with Gasteiger partial charge in [0.15, 0.2) is 0 Å². The van der Waals surface area contributed by atoms with E-state index in [0.29, 0.717) is 0 Å². The number of nitrogens with one attached hydrogen (secondary N) is 1. The molecule has 0 amide bonds. The Morgan fingerprint density at radius 1 is 0.941 bits per heavy atom. The maximum absolute atomic E-state index is 3.12. The summed E-state index contributed by atoms with van der Waals surface area (Å²) in [5.41, 5.74) is 3.73. The molecule has 0 unspecified atom stereocenters. The minimum Gasteiger partial charge on any atom is -0.388 e. The summed E-state index contributed by atoms with van der Waals surface area (Å²) in [7, 11) is 1.93. The van der Waals surface area contributed by atoms with E-state index in [9.17, 15) is 0 Å². The van der Waals surface area contributed by atoms with Crippen molar-refractivity contribution in [2.75, 3.05) is 12.4 Å². The number of hydrogen-bond acceptors (Lipinski definition) is 1. The van der Waals surface area contributed by atoms with Crippen LogP contribution in [0.3, 0.4) is 0 Å². The summed E-state index contributed by atoms with van der Waals surface area (Å²) < 4.78 is 0. The lowest BCUT2D eigenvalue weighted by atomic mass is 10.1. The second kappa shape index (κ2) is 5.90. The van der Waals surface area contributed by atoms with Crippen molar-refractivity contribution in [3.05, 3.63) is 71.8 Å². The molecule has 0 saturated carbocycles. The Balaban J connectivity index is 1.95. The van der Waals surface area contributed by atoms with Crippen LogP contribution in [0, 0.1) is 0 Å². The fraction of sp³-hybridized carbons (Fsp3) is 0.125. The van der Waals surface area contributed by atoms with E-state index in [1.54, 1.807) is 0 Å². The van der Waals surface area contributed by atoms with Gasteiger partial charge in [-0.05, 0) is 29.7 Å². The molecule has 0 heterocycles. The Labute approximate surface area is 103 Å². The van der Waals surface area contributed by atoms with Crippen LogP contribution in [0.4, 0.5) is 5.69 Å². The van der Waals surface area contributed by atoms with Crippen LogP contribution in [-0.4, -0.2) is 7.05 Å². The van der Waals surface area contributed by atoms with Crippen molar-refractivity contribution >= 4 is 11.8 Å². The molecular formula is C16H17N. The molecule has 0 saturated heterocycles. The third-order valence-electron chi connectivity index (χ3n) is 2.71. The Bertz CT molecular complexity index is 469. The summed E-state index contributed by atoms with van der Waals surface area (Å²) in [6, 6.07) is 18.9. The fourth-order valence-electron chi connectivity index (χ4n) is 1.70. The molecular weight excluding hydrogens is 206 g/mol. The zero-order valence-corrected chi connectivity index (χ0v) is 10.1. The van der Waals surface area contributed by atoms with Gasteiger partial charge in [-0.25, -0.2) is 0 Å². The van der Waals surface area contributed by atoms with Gasteiger partial charge >= 0.3 is 0 Å². The smallest absolute Gasteiger partial charge is 0.0337 e. The molecule has 0 atom stereocenters. The number of rotatable bonds is 4. The van der Waals surface area contributed by atoms with Crippen molar-refractivity contribution in [1.29, 1.82) is 0 Å². The van der Waals surface area contributed by atoms with Crippen LogP contribution in [0.1, 0.15) is 11.1 Å². The first-order valence-corrected chi connectivity index (χ1v) is 5.87. The van der Waals surface area contributed by atoms with Gasteiger partial charge in [0.1, 0.15) is 0 Å². The molecule has 0 aliphatic heterocycles. The van der Waals surface area contributed by atoms with Gasteiger partial charge in [-0.15, -0.1) is 0 Å². The maximum Gasteiger partial charge on any atom is 0.0337 e. The second-order valence-electron chi connectivity index (χ2n) is 3.96. The van der Waals surface area contributed by atoms with Crippen LogP contribution < -0.4 is 5.32 Å². The van der Waals surface area contributed by atoms with Crippen LogP contribution in [0.2, 0.25) is 0 Å². The lowest BCUT2D eigenvalue weighted by Gasteiger charge is -2.00. The van der Waals surface area contributed by atoms with Crippen LogP contribution in [0.5, 0.6) is 0 Å². The molecule has 0 aliphatic carbocycles. The average molecular weight is 223 g/mol. The van der Waals surface area contributed by atoms with E-state index in [-0.39, 0.29) is 0 Å². The zero-order chi connectivity index (χ0) is 11.9. The van der Waals surface area contributed by atoms with E-state index in [1.807, 2.05) is 13.1 Å². The highest BCUT2D eigenvalue weighted by Gasteiger charge is 1.90. The summed E-state index contributed by atoms with van der Waals surface area (Å²) >= 11 is 0. The highest BCUT2D eigenvalue weighted by Crippen LogP contribution is 2.10. The molecule has 0 aromatic heterocycles. The van der Waals surface area contributed by atoms with Crippen molar-refractivity contribution in [3.8, 4) is 0 Å². The zero-order valence-electron chi connectivity index (χ0n) is 10.1. The highest BCUT2D eigenvalue weighted by atomic mass is 14.8. The monoisotopic (exact) mass is 223 g/mol. The average Bonchev–Trinajstić information content (AvgIpc) is 2.41. The van der Waals surface area contributed by atoms with E-state index < -0.39 is 0 Å². The summed E-state index contributed by atoms with van der Waals surface area (Å²) in [6.07, 6.45) is 5.33. The van der Waals surface area contributed by atoms with Gasteiger partial charge in [0.05, 0.1) is 0 Å². The molecule has 2 aromatic rings. The largest absolute Gasteiger partial charge is 0.388 e. The number of hydrogen-bond donors (Lipinski definition) is 1. The van der Waals surface area contributed by atoms with Gasteiger partial charge in [-0.3, -0.25) is 0 Å². The minimum atomic E-state index is 0.971. The summed E-state index contributed by atoms with van der Waals surface area (Å²) in [5, 5.41) is 3.12. The molecule has 2 rings (SSSR count). The van der Waals surface area contributed by atoms with Crippen LogP contribution in [0.15, 0.2) is 60.7 Å². The van der Waals surface area contributed by atoms with Crippen molar-refractivity contribution in [2.45, 2.75) is 6.42 Å². The fourth-order valence-corrected chi connectivity index (χ4v) is 1.70. The van der Waals surface area contributed by atoms with Crippen LogP contribution in [0.25, 0.3) is 6.08 Å². The van der Waals surface area contributed by atoms with E-state index in [2.05, 4.69) is 66.0 Å². The van der Waals surface area contributed by atoms with E-state index in [4.69, 9.17) is 0 Å². The summed E-state index contributed by atoms with van der Waals surface area (Å²) in [4.78, 5) is 0. The van der Waals surface area contributed by atoms with Gasteiger partial charge in [-0.2, -0.15) is 0 Å². The van der Waals surface area contributed by atoms with Crippen LogP contribution >= 0.6 is 0 Å². The Morgan fingerprint density at radius 3 is 2.29 bits per heavy atom. The van der Waals surface area contributed by atoms with Crippen LogP contribution in [-0.2, 0) is 6.42 Å². The molecule has 1 N–H and O–H groups in total. The van der Waals surface area contributed by atoms with Crippen molar-refractivity contribution in [3.63, 3.8) is 0 Å². The first kappa shape index (κ1) is 11.5. The Hall–Kier alpha value is -2.02. The normalized spacial score (nSPS) is 10.6. The van der Waals surface area contributed by atoms with Gasteiger partial charge in [-0.1, -0.05) is 54.6 Å². The van der Waals surface area contributed by atoms with Gasteiger partial charge in [0.2, 0.25) is 0 Å². The standard InChI is InChI=1S/C16H17N/c1-17-16-12-10-15(11-13-16)9-5-8-14-6-3-2-4-7-14/h2-8,10-13,17H,9H2,1H3/b8-5+. The SMILES string of the molecule is CNc1ccc(C/C=C/c2ccccc2)cc1. The molecule has 2 aromatic carbocycles. The van der Waals surface area contributed by atoms with E-state index >= 15 is 0 Å². The van der Waals surface area contributed by atoms with Crippen molar-refractivity contribution in [1.82, 2.24) is 0 Å². The number of anilines is 1. The lowest BCUT2D eigenvalue weighted by molar-refractivity contribution is 1.28. The van der Waals surface area contributed by atoms with Crippen molar-refractivity contribution in [2.24, 2.45) is 0 Å². The predicted octanol–water partition coefficient (Wildman–Crippen LogP) is 3.98. The van der Waals surface area contributed by atoms with Crippen molar-refractivity contribution < 1.29 is 0 Å². The quantitative estimate of drug-likeness (QED) is 0.826. The Morgan fingerprint density at radius 2 is 1.65 bits per heavy atom. The second-order valence-corrected chi connectivity index (χ2v) is 3.96. The molecule has 0 radical (unpaired) electrons. The topological polar surface area (TPSA) is 12.0 Å². The van der Waals surface area contributed by atoms with E-state index in [1.165, 1.54) is 11.1 Å². The highest BCUT2D eigenvalue weighted by molar-refractivity contribution is 5.50. The molecule has 0 bridgehead atoms. The molecule has 17 heavy (non-hydrogen) atoms. The summed E-state index contributed by atoms with van der Waals surface area (Å²) in [6.45, 7) is 0. The lowest BCUT2D eigenvalue weighted by Crippen LogP contribution is -1.88. The number of benzene rings is 2.